The molecule has 0 saturated carbocycles. The van der Waals surface area contributed by atoms with Gasteiger partial charge >= 0.3 is 0 Å². The molecule has 0 N–H and O–H groups in total. The van der Waals surface area contributed by atoms with Crippen molar-refractivity contribution < 1.29 is 9.26 Å². The Labute approximate surface area is 40.9 Å². The molecular weight excluding hydrogens is 94.0 g/mol. The number of aromatic nitrogens is 1. The molecule has 0 unspecified atom stereocenters. The number of hydrogen-bond acceptors (Lipinski definition) is 3. The molecule has 7 heavy (non-hydrogen) atoms. The highest BCUT2D eigenvalue weighted by molar-refractivity contribution is 5.06. The van der Waals surface area contributed by atoms with Crippen LogP contribution < -0.4 is 4.74 Å². The van der Waals surface area contributed by atoms with Crippen LogP contribution >= 0.6 is 0 Å². The Hall–Kier alpha value is -0.990. The monoisotopic (exact) mass is 99.0 g/mol. The fourth-order valence-electron chi connectivity index (χ4n) is 0.296. The minimum Gasteiger partial charge on any atom is -0.492 e. The third-order valence-electron chi connectivity index (χ3n) is 0.645. The Morgan fingerprint density at radius 2 is 2.71 bits per heavy atom. The fraction of sp³-hybridized carbons (Fsp3) is 0.250. The molecule has 0 aliphatic carbocycles. The van der Waals surface area contributed by atoms with Gasteiger partial charge in [0.15, 0.2) is 12.0 Å². The van der Waals surface area contributed by atoms with Crippen molar-refractivity contribution in [3.8, 4) is 5.75 Å². The second-order valence-electron chi connectivity index (χ2n) is 1.06. The van der Waals surface area contributed by atoms with Crippen molar-refractivity contribution in [3.05, 3.63) is 12.5 Å². The zero-order valence-corrected chi connectivity index (χ0v) is 3.92. The van der Waals surface area contributed by atoms with E-state index < -0.39 is 0 Å². The number of ether oxygens (including phenoxy) is 1. The van der Waals surface area contributed by atoms with Crippen LogP contribution in [0.4, 0.5) is 0 Å². The highest BCUT2D eigenvalue weighted by Gasteiger charge is 1.86. The van der Waals surface area contributed by atoms with Crippen LogP contribution in [0.2, 0.25) is 0 Å². The molecule has 38 valence electrons. The summed E-state index contributed by atoms with van der Waals surface area (Å²) in [7, 11) is 1.56. The summed E-state index contributed by atoms with van der Waals surface area (Å²) in [6.45, 7) is 0. The Morgan fingerprint density at radius 1 is 1.86 bits per heavy atom. The molecule has 0 amide bonds. The van der Waals surface area contributed by atoms with E-state index in [2.05, 4.69) is 9.68 Å². The van der Waals surface area contributed by atoms with E-state index in [9.17, 15) is 0 Å². The maximum absolute atomic E-state index is 4.70. The van der Waals surface area contributed by atoms with E-state index >= 15 is 0 Å². The second-order valence-corrected chi connectivity index (χ2v) is 1.06. The highest BCUT2D eigenvalue weighted by Crippen LogP contribution is 2.03. The van der Waals surface area contributed by atoms with Crippen molar-refractivity contribution in [2.75, 3.05) is 7.11 Å². The van der Waals surface area contributed by atoms with Gasteiger partial charge in [0.1, 0.15) is 6.20 Å². The summed E-state index contributed by atoms with van der Waals surface area (Å²) in [6, 6.07) is 0. The Bertz CT molecular complexity index is 124. The van der Waals surface area contributed by atoms with Gasteiger partial charge in [-0.25, -0.2) is 0 Å². The summed E-state index contributed by atoms with van der Waals surface area (Å²) in [5, 5.41) is 3.39. The van der Waals surface area contributed by atoms with Crippen LogP contribution in [-0.2, 0) is 0 Å². The van der Waals surface area contributed by atoms with Gasteiger partial charge in [0, 0.05) is 0 Å². The van der Waals surface area contributed by atoms with E-state index in [1.807, 2.05) is 0 Å². The normalized spacial score (nSPS) is 8.71. The molecule has 0 radical (unpaired) electrons. The molecule has 0 bridgehead atoms. The lowest BCUT2D eigenvalue weighted by atomic mass is 10.7. The molecule has 0 saturated heterocycles. The topological polar surface area (TPSA) is 35.3 Å². The van der Waals surface area contributed by atoms with Crippen molar-refractivity contribution in [2.24, 2.45) is 0 Å². The molecule has 3 nitrogen and oxygen atoms in total. The van der Waals surface area contributed by atoms with Crippen LogP contribution in [0.25, 0.3) is 0 Å². The largest absolute Gasteiger partial charge is 0.492 e. The Morgan fingerprint density at radius 3 is 3.00 bits per heavy atom. The molecule has 0 spiro atoms. The van der Waals surface area contributed by atoms with Crippen molar-refractivity contribution >= 4 is 0 Å². The van der Waals surface area contributed by atoms with Gasteiger partial charge in [-0.3, -0.25) is 0 Å². The summed E-state index contributed by atoms with van der Waals surface area (Å²) in [5.74, 6) is 0.653. The van der Waals surface area contributed by atoms with E-state index in [4.69, 9.17) is 4.74 Å². The van der Waals surface area contributed by atoms with Gasteiger partial charge in [-0.05, 0) is 0 Å². The van der Waals surface area contributed by atoms with Crippen LogP contribution in [0.3, 0.4) is 0 Å². The lowest BCUT2D eigenvalue weighted by molar-refractivity contribution is 0.390. The first-order valence-corrected chi connectivity index (χ1v) is 1.87. The van der Waals surface area contributed by atoms with Crippen molar-refractivity contribution in [2.45, 2.75) is 0 Å². The molecule has 0 aromatic carbocycles. The van der Waals surface area contributed by atoms with Crippen molar-refractivity contribution in [3.63, 3.8) is 0 Å². The molecule has 0 fully saturated rings. The zero-order valence-electron chi connectivity index (χ0n) is 3.92. The number of hydrogen-bond donors (Lipinski definition) is 0. The first-order chi connectivity index (χ1) is 3.43. The van der Waals surface area contributed by atoms with Gasteiger partial charge in [0.05, 0.1) is 7.11 Å². The van der Waals surface area contributed by atoms with Crippen LogP contribution in [-0.4, -0.2) is 12.3 Å². The Balaban J connectivity index is 2.76. The zero-order chi connectivity index (χ0) is 5.11. The molecule has 1 heterocycles. The summed E-state index contributed by atoms with van der Waals surface area (Å²) in [6.07, 6.45) is 2.93. The molecule has 3 heteroatoms. The van der Waals surface area contributed by atoms with Gasteiger partial charge in [-0.15, -0.1) is 0 Å². The van der Waals surface area contributed by atoms with Crippen LogP contribution in [0.15, 0.2) is 17.0 Å². The van der Waals surface area contributed by atoms with Crippen LogP contribution in [0.1, 0.15) is 0 Å². The van der Waals surface area contributed by atoms with Crippen molar-refractivity contribution in [1.29, 1.82) is 0 Å². The molecule has 0 aliphatic rings. The van der Waals surface area contributed by atoms with Gasteiger partial charge in [0.2, 0.25) is 0 Å². The fourth-order valence-corrected chi connectivity index (χ4v) is 0.296. The number of rotatable bonds is 1. The van der Waals surface area contributed by atoms with E-state index in [1.165, 1.54) is 12.5 Å². The van der Waals surface area contributed by atoms with Gasteiger partial charge < -0.3 is 9.26 Å². The smallest absolute Gasteiger partial charge is 0.178 e. The molecule has 0 atom stereocenters. The molecular formula is C4H5NO2. The third kappa shape index (κ3) is 0.707. The van der Waals surface area contributed by atoms with Crippen LogP contribution in [0, 0.1) is 0 Å². The van der Waals surface area contributed by atoms with E-state index in [0.29, 0.717) is 5.75 Å². The number of nitrogens with zero attached hydrogens (tertiary/aromatic N) is 1. The van der Waals surface area contributed by atoms with Gasteiger partial charge in [-0.2, -0.15) is 0 Å². The third-order valence-corrected chi connectivity index (χ3v) is 0.645. The Kier molecular flexibility index (Phi) is 0.978. The molecule has 1 aromatic heterocycles. The SMILES string of the molecule is COc1cnoc1. The average Bonchev–Trinajstić information content (AvgIpc) is 2.14. The predicted octanol–water partition coefficient (Wildman–Crippen LogP) is 0.683. The van der Waals surface area contributed by atoms with E-state index in [1.54, 1.807) is 7.11 Å². The van der Waals surface area contributed by atoms with Gasteiger partial charge in [0.25, 0.3) is 0 Å². The molecule has 1 aromatic rings. The molecule has 0 aliphatic heterocycles. The quantitative estimate of drug-likeness (QED) is 0.519. The minimum atomic E-state index is 0.653. The lowest BCUT2D eigenvalue weighted by Crippen LogP contribution is -1.75. The van der Waals surface area contributed by atoms with E-state index in [-0.39, 0.29) is 0 Å². The first-order valence-electron chi connectivity index (χ1n) is 1.87. The standard InChI is InChI=1S/C4H5NO2/c1-6-4-2-5-7-3-4/h2-3H,1H3. The first kappa shape index (κ1) is 4.18. The minimum absolute atomic E-state index is 0.653. The highest BCUT2D eigenvalue weighted by atomic mass is 16.5. The maximum atomic E-state index is 4.70. The summed E-state index contributed by atoms with van der Waals surface area (Å²) in [4.78, 5) is 0. The molecule has 1 rings (SSSR count). The lowest BCUT2D eigenvalue weighted by Gasteiger charge is -1.83. The van der Waals surface area contributed by atoms with Crippen molar-refractivity contribution in [1.82, 2.24) is 5.16 Å². The average molecular weight is 99.1 g/mol. The summed E-state index contributed by atoms with van der Waals surface area (Å²) in [5.41, 5.74) is 0. The predicted molar refractivity (Wildman–Crippen MR) is 23.1 cm³/mol. The number of methoxy groups -OCH3 is 1. The second kappa shape index (κ2) is 1.64. The summed E-state index contributed by atoms with van der Waals surface area (Å²) >= 11 is 0. The van der Waals surface area contributed by atoms with Crippen LogP contribution in [0.5, 0.6) is 5.75 Å². The maximum Gasteiger partial charge on any atom is 0.178 e. The summed E-state index contributed by atoms with van der Waals surface area (Å²) < 4.78 is 9.13. The van der Waals surface area contributed by atoms with Gasteiger partial charge in [-0.1, -0.05) is 5.16 Å². The van der Waals surface area contributed by atoms with E-state index in [0.717, 1.165) is 0 Å².